The molecule has 0 saturated carbocycles. The zero-order valence-corrected chi connectivity index (χ0v) is 21.6. The van der Waals surface area contributed by atoms with Crippen molar-refractivity contribution >= 4 is 23.1 Å². The highest BCUT2D eigenvalue weighted by Gasteiger charge is 2.43. The number of rotatable bonds is 5. The van der Waals surface area contributed by atoms with Gasteiger partial charge in [-0.15, -0.1) is 0 Å². The predicted octanol–water partition coefficient (Wildman–Crippen LogP) is 6.43. The van der Waals surface area contributed by atoms with Gasteiger partial charge in [-0.25, -0.2) is 9.37 Å². The van der Waals surface area contributed by atoms with Gasteiger partial charge in [-0.2, -0.15) is 18.2 Å². The Kier molecular flexibility index (Phi) is 7.11. The van der Waals surface area contributed by atoms with Crippen LogP contribution >= 0.6 is 0 Å². The lowest BCUT2D eigenvalue weighted by Gasteiger charge is -2.53. The minimum Gasteiger partial charge on any atom is -0.371 e. The summed E-state index contributed by atoms with van der Waals surface area (Å²) in [5.41, 5.74) is -0.530. The highest BCUT2D eigenvalue weighted by molar-refractivity contribution is 5.65. The van der Waals surface area contributed by atoms with E-state index in [1.165, 1.54) is 6.07 Å². The van der Waals surface area contributed by atoms with Crippen molar-refractivity contribution in [3.05, 3.63) is 35.8 Å². The molecule has 2 aromatic rings. The van der Waals surface area contributed by atoms with E-state index in [0.29, 0.717) is 13.1 Å². The minimum atomic E-state index is -4.51. The summed E-state index contributed by atoms with van der Waals surface area (Å²) in [5, 5.41) is 6.05. The van der Waals surface area contributed by atoms with E-state index in [1.807, 2.05) is 0 Å². The standard InChI is InChI=1S/C26H36F4N6/c1-24(2)14-18(15-25(3,4)35(24)5)32-22-20(27)16-31-23(34-22)33-17-9-10-21(19(13-17)26(28,29)30)36-11-7-6-8-12-36/h9-10,13,16,18H,6-8,11-12,14-15H2,1-5H3,(H2,31,32,33,34). The Morgan fingerprint density at radius 1 is 1.00 bits per heavy atom. The minimum absolute atomic E-state index is 0.0240. The van der Waals surface area contributed by atoms with Crippen molar-refractivity contribution in [2.75, 3.05) is 35.7 Å². The van der Waals surface area contributed by atoms with E-state index in [9.17, 15) is 17.6 Å². The lowest BCUT2D eigenvalue weighted by molar-refractivity contribution is -0.137. The van der Waals surface area contributed by atoms with Gasteiger partial charge >= 0.3 is 6.18 Å². The maximum absolute atomic E-state index is 14.6. The number of nitrogens with zero attached hydrogens (tertiary/aromatic N) is 4. The number of piperidine rings is 2. The van der Waals surface area contributed by atoms with Crippen molar-refractivity contribution in [2.24, 2.45) is 0 Å². The molecular weight excluding hydrogens is 472 g/mol. The van der Waals surface area contributed by atoms with Gasteiger partial charge in [-0.1, -0.05) is 0 Å². The summed E-state index contributed by atoms with van der Waals surface area (Å²) >= 11 is 0. The van der Waals surface area contributed by atoms with Crippen molar-refractivity contribution in [2.45, 2.75) is 83.1 Å². The molecular formula is C26H36F4N6. The second-order valence-corrected chi connectivity index (χ2v) is 11.2. The molecule has 2 aliphatic rings. The maximum atomic E-state index is 14.6. The maximum Gasteiger partial charge on any atom is 0.418 e. The van der Waals surface area contributed by atoms with Gasteiger partial charge in [0.2, 0.25) is 5.95 Å². The SMILES string of the molecule is CN1C(C)(C)CC(Nc2nc(Nc3ccc(N4CCCCC4)c(C(F)(F)F)c3)ncc2F)CC1(C)C. The molecule has 3 heterocycles. The highest BCUT2D eigenvalue weighted by atomic mass is 19.4. The molecule has 2 aliphatic heterocycles. The highest BCUT2D eigenvalue weighted by Crippen LogP contribution is 2.40. The van der Waals surface area contributed by atoms with Crippen LogP contribution < -0.4 is 15.5 Å². The third-order valence-corrected chi connectivity index (χ3v) is 7.65. The number of halogens is 4. The number of hydrogen-bond acceptors (Lipinski definition) is 6. The number of aromatic nitrogens is 2. The van der Waals surface area contributed by atoms with Crippen molar-refractivity contribution < 1.29 is 17.6 Å². The Balaban J connectivity index is 1.55. The first kappa shape index (κ1) is 26.4. The van der Waals surface area contributed by atoms with Crippen LogP contribution in [-0.2, 0) is 6.18 Å². The topological polar surface area (TPSA) is 56.3 Å². The first-order valence-electron chi connectivity index (χ1n) is 12.5. The van der Waals surface area contributed by atoms with Gasteiger partial charge in [0.1, 0.15) is 0 Å². The second-order valence-electron chi connectivity index (χ2n) is 11.2. The van der Waals surface area contributed by atoms with Crippen LogP contribution in [-0.4, -0.2) is 52.1 Å². The van der Waals surface area contributed by atoms with Crippen LogP contribution in [0.3, 0.4) is 0 Å². The summed E-state index contributed by atoms with van der Waals surface area (Å²) in [6.45, 7) is 9.82. The Morgan fingerprint density at radius 3 is 2.25 bits per heavy atom. The zero-order valence-electron chi connectivity index (χ0n) is 21.6. The van der Waals surface area contributed by atoms with Gasteiger partial charge in [-0.05, 0) is 85.0 Å². The Morgan fingerprint density at radius 2 is 1.64 bits per heavy atom. The van der Waals surface area contributed by atoms with Crippen LogP contribution in [0.5, 0.6) is 0 Å². The van der Waals surface area contributed by atoms with Crippen molar-refractivity contribution in [1.29, 1.82) is 0 Å². The van der Waals surface area contributed by atoms with E-state index in [0.717, 1.165) is 44.4 Å². The molecule has 4 rings (SSSR count). The molecule has 198 valence electrons. The summed E-state index contributed by atoms with van der Waals surface area (Å²) in [5.74, 6) is -0.537. The number of benzene rings is 1. The smallest absolute Gasteiger partial charge is 0.371 e. The molecule has 10 heteroatoms. The molecule has 2 N–H and O–H groups in total. The van der Waals surface area contributed by atoms with Gasteiger partial charge in [0.15, 0.2) is 11.6 Å². The lowest BCUT2D eigenvalue weighted by Crippen LogP contribution is -2.61. The average molecular weight is 509 g/mol. The monoisotopic (exact) mass is 508 g/mol. The second kappa shape index (κ2) is 9.68. The van der Waals surface area contributed by atoms with E-state index in [2.05, 4.69) is 60.2 Å². The Bertz CT molecular complexity index is 1060. The quantitative estimate of drug-likeness (QED) is 0.454. The number of hydrogen-bond donors (Lipinski definition) is 2. The van der Waals surface area contributed by atoms with E-state index >= 15 is 0 Å². The molecule has 0 radical (unpaired) electrons. The molecule has 0 bridgehead atoms. The predicted molar refractivity (Wildman–Crippen MR) is 135 cm³/mol. The van der Waals surface area contributed by atoms with Crippen molar-refractivity contribution in [3.8, 4) is 0 Å². The van der Waals surface area contributed by atoms with Gasteiger partial charge in [0.05, 0.1) is 11.8 Å². The first-order valence-corrected chi connectivity index (χ1v) is 12.5. The van der Waals surface area contributed by atoms with Crippen LogP contribution in [0, 0.1) is 5.82 Å². The fraction of sp³-hybridized carbons (Fsp3) is 0.615. The number of anilines is 4. The Hall–Kier alpha value is -2.62. The molecule has 0 aliphatic carbocycles. The van der Waals surface area contributed by atoms with E-state index in [-0.39, 0.29) is 40.3 Å². The largest absolute Gasteiger partial charge is 0.418 e. The third-order valence-electron chi connectivity index (χ3n) is 7.65. The van der Waals surface area contributed by atoms with Gasteiger partial charge in [0.25, 0.3) is 0 Å². The normalized spacial score (nSPS) is 20.9. The molecule has 36 heavy (non-hydrogen) atoms. The van der Waals surface area contributed by atoms with E-state index in [4.69, 9.17) is 0 Å². The molecule has 2 saturated heterocycles. The van der Waals surface area contributed by atoms with Crippen LogP contribution in [0.1, 0.15) is 65.4 Å². The molecule has 0 unspecified atom stereocenters. The molecule has 0 amide bonds. The van der Waals surface area contributed by atoms with Crippen LogP contribution in [0.2, 0.25) is 0 Å². The van der Waals surface area contributed by atoms with Crippen LogP contribution in [0.4, 0.5) is 40.7 Å². The average Bonchev–Trinajstić information content (AvgIpc) is 2.79. The van der Waals surface area contributed by atoms with E-state index in [1.54, 1.807) is 11.0 Å². The molecule has 1 aromatic heterocycles. The zero-order chi connectivity index (χ0) is 26.3. The summed E-state index contributed by atoms with van der Waals surface area (Å²) < 4.78 is 56.3. The fourth-order valence-corrected chi connectivity index (χ4v) is 5.58. The van der Waals surface area contributed by atoms with Gasteiger partial charge < -0.3 is 15.5 Å². The lowest BCUT2D eigenvalue weighted by atomic mass is 9.77. The summed E-state index contributed by atoms with van der Waals surface area (Å²) in [6.07, 6.45) is 0.884. The molecule has 1 aromatic carbocycles. The number of likely N-dealkylation sites (tertiary alicyclic amines) is 1. The summed E-state index contributed by atoms with van der Waals surface area (Å²) in [4.78, 5) is 12.3. The van der Waals surface area contributed by atoms with Crippen molar-refractivity contribution in [1.82, 2.24) is 14.9 Å². The molecule has 6 nitrogen and oxygen atoms in total. The van der Waals surface area contributed by atoms with Crippen LogP contribution in [0.15, 0.2) is 24.4 Å². The Labute approximate surface area is 210 Å². The summed E-state index contributed by atoms with van der Waals surface area (Å²) in [6, 6.07) is 4.12. The van der Waals surface area contributed by atoms with Crippen molar-refractivity contribution in [3.63, 3.8) is 0 Å². The molecule has 0 atom stereocenters. The number of alkyl halides is 3. The molecule has 2 fully saturated rings. The first-order chi connectivity index (χ1) is 16.8. The summed E-state index contributed by atoms with van der Waals surface area (Å²) in [7, 11) is 2.09. The van der Waals surface area contributed by atoms with E-state index < -0.39 is 17.6 Å². The van der Waals surface area contributed by atoms with Gasteiger partial charge in [0, 0.05) is 41.6 Å². The van der Waals surface area contributed by atoms with Gasteiger partial charge in [-0.3, -0.25) is 4.90 Å². The fourth-order valence-electron chi connectivity index (χ4n) is 5.58. The van der Waals surface area contributed by atoms with Crippen LogP contribution in [0.25, 0.3) is 0 Å². The molecule has 0 spiro atoms. The third kappa shape index (κ3) is 5.68. The number of nitrogens with one attached hydrogen (secondary N) is 2.